The van der Waals surface area contributed by atoms with Crippen LogP contribution in [-0.2, 0) is 11.2 Å². The van der Waals surface area contributed by atoms with E-state index in [1.165, 1.54) is 0 Å². The average molecular weight is 370 g/mol. The molecule has 0 N–H and O–H groups in total. The van der Waals surface area contributed by atoms with E-state index >= 15 is 0 Å². The van der Waals surface area contributed by atoms with Crippen LogP contribution in [0.25, 0.3) is 0 Å². The van der Waals surface area contributed by atoms with Gasteiger partial charge in [-0.2, -0.15) is 0 Å². The molecule has 0 saturated carbocycles. The van der Waals surface area contributed by atoms with Crippen molar-refractivity contribution in [3.63, 3.8) is 0 Å². The Morgan fingerprint density at radius 3 is 2.64 bits per heavy atom. The third kappa shape index (κ3) is 3.57. The Morgan fingerprint density at radius 2 is 2.09 bits per heavy atom. The van der Waals surface area contributed by atoms with Crippen LogP contribution < -0.4 is 9.64 Å². The molecule has 1 heterocycles. The quantitative estimate of drug-likeness (QED) is 0.742. The zero-order valence-corrected chi connectivity index (χ0v) is 15.5. The summed E-state index contributed by atoms with van der Waals surface area (Å²) < 4.78 is 11.8. The van der Waals surface area contributed by atoms with Crippen LogP contribution in [0, 0.1) is 0 Å². The Hall–Kier alpha value is -1.23. The highest BCUT2D eigenvalue weighted by molar-refractivity contribution is 9.10. The molecule has 22 heavy (non-hydrogen) atoms. The first kappa shape index (κ1) is 17.1. The number of nitrogens with zero attached hydrogens (tertiary/aromatic N) is 1. The van der Waals surface area contributed by atoms with Crippen molar-refractivity contribution in [1.82, 2.24) is 0 Å². The van der Waals surface area contributed by atoms with Crippen LogP contribution in [0.5, 0.6) is 5.75 Å². The van der Waals surface area contributed by atoms with Crippen LogP contribution in [0.15, 0.2) is 16.6 Å². The Bertz CT molecular complexity index is 566. The van der Waals surface area contributed by atoms with Crippen LogP contribution in [0.4, 0.5) is 10.5 Å². The molecule has 4 nitrogen and oxygen atoms in total. The molecule has 1 aromatic rings. The van der Waals surface area contributed by atoms with Gasteiger partial charge in [-0.1, -0.05) is 6.92 Å². The summed E-state index contributed by atoms with van der Waals surface area (Å²) in [4.78, 5) is 14.5. The van der Waals surface area contributed by atoms with Gasteiger partial charge in [0.25, 0.3) is 0 Å². The first-order valence-corrected chi connectivity index (χ1v) is 8.44. The summed E-state index contributed by atoms with van der Waals surface area (Å²) in [5.74, 6) is 0.790. The van der Waals surface area contributed by atoms with Crippen molar-refractivity contribution in [3.8, 4) is 5.75 Å². The van der Waals surface area contributed by atoms with Crippen molar-refractivity contribution in [3.05, 3.63) is 22.2 Å². The minimum absolute atomic E-state index is 0.169. The van der Waals surface area contributed by atoms with Gasteiger partial charge in [0.2, 0.25) is 0 Å². The Kier molecular flexibility index (Phi) is 5.05. The Labute approximate surface area is 140 Å². The summed E-state index contributed by atoms with van der Waals surface area (Å²) >= 11 is 3.51. The first-order chi connectivity index (χ1) is 10.3. The number of benzene rings is 1. The molecule has 1 unspecified atom stereocenters. The second kappa shape index (κ2) is 6.49. The van der Waals surface area contributed by atoms with E-state index < -0.39 is 5.60 Å². The van der Waals surface area contributed by atoms with Gasteiger partial charge in [0, 0.05) is 6.04 Å². The first-order valence-electron chi connectivity index (χ1n) is 7.65. The number of carbonyl (C=O) groups is 1. The molecule has 1 aromatic carbocycles. The van der Waals surface area contributed by atoms with Gasteiger partial charge in [-0.3, -0.25) is 4.90 Å². The fraction of sp³-hybridized carbons (Fsp3) is 0.588. The van der Waals surface area contributed by atoms with Gasteiger partial charge in [0.1, 0.15) is 11.4 Å². The van der Waals surface area contributed by atoms with Crippen molar-refractivity contribution in [2.24, 2.45) is 0 Å². The molecule has 1 aliphatic heterocycles. The number of rotatable bonds is 2. The van der Waals surface area contributed by atoms with Gasteiger partial charge in [-0.15, -0.1) is 0 Å². The Balaban J connectivity index is 2.43. The van der Waals surface area contributed by atoms with E-state index in [9.17, 15) is 4.79 Å². The smallest absolute Gasteiger partial charge is 0.415 e. The normalized spacial score (nSPS) is 17.9. The highest BCUT2D eigenvalue weighted by atomic mass is 79.9. The number of ether oxygens (including phenoxy) is 2. The lowest BCUT2D eigenvalue weighted by Gasteiger charge is -2.38. The van der Waals surface area contributed by atoms with E-state index in [2.05, 4.69) is 22.9 Å². The van der Waals surface area contributed by atoms with Crippen molar-refractivity contribution >= 4 is 27.7 Å². The maximum atomic E-state index is 12.7. The molecule has 0 spiro atoms. The van der Waals surface area contributed by atoms with Gasteiger partial charge in [-0.05, 0) is 73.7 Å². The van der Waals surface area contributed by atoms with Crippen molar-refractivity contribution < 1.29 is 14.3 Å². The number of anilines is 1. The van der Waals surface area contributed by atoms with Gasteiger partial charge in [-0.25, -0.2) is 4.79 Å². The monoisotopic (exact) mass is 369 g/mol. The summed E-state index contributed by atoms with van der Waals surface area (Å²) in [5.41, 5.74) is 1.53. The molecule has 1 atom stereocenters. The van der Waals surface area contributed by atoms with E-state index in [1.54, 1.807) is 12.0 Å². The second-order valence-corrected chi connectivity index (χ2v) is 7.42. The van der Waals surface area contributed by atoms with Crippen LogP contribution in [0.3, 0.4) is 0 Å². The van der Waals surface area contributed by atoms with E-state index in [1.807, 2.05) is 32.9 Å². The summed E-state index contributed by atoms with van der Waals surface area (Å²) in [7, 11) is 1.65. The SMILES string of the molecule is CCC1CCc2cc(OC)c(Br)cc2N1C(=O)OC(C)(C)C. The molecule has 122 valence electrons. The lowest BCUT2D eigenvalue weighted by atomic mass is 9.94. The molecule has 0 aliphatic carbocycles. The molecule has 0 fully saturated rings. The third-order valence-corrected chi connectivity index (χ3v) is 4.41. The van der Waals surface area contributed by atoms with Crippen molar-refractivity contribution in [2.45, 2.75) is 58.6 Å². The maximum Gasteiger partial charge on any atom is 0.415 e. The summed E-state index contributed by atoms with van der Waals surface area (Å²) in [5, 5.41) is 0. The van der Waals surface area contributed by atoms with Crippen molar-refractivity contribution in [1.29, 1.82) is 0 Å². The summed E-state index contributed by atoms with van der Waals surface area (Å²) in [6.45, 7) is 7.77. The van der Waals surface area contributed by atoms with E-state index in [-0.39, 0.29) is 12.1 Å². The number of hydrogen-bond donors (Lipinski definition) is 0. The highest BCUT2D eigenvalue weighted by Gasteiger charge is 2.33. The third-order valence-electron chi connectivity index (χ3n) is 3.79. The predicted octanol–water partition coefficient (Wildman–Crippen LogP) is 4.92. The fourth-order valence-electron chi connectivity index (χ4n) is 2.76. The number of fused-ring (bicyclic) bond motifs is 1. The topological polar surface area (TPSA) is 38.8 Å². The van der Waals surface area contributed by atoms with Crippen LogP contribution in [0.2, 0.25) is 0 Å². The molecule has 2 rings (SSSR count). The average Bonchev–Trinajstić information content (AvgIpc) is 2.43. The van der Waals surface area contributed by atoms with E-state index in [0.29, 0.717) is 0 Å². The van der Waals surface area contributed by atoms with Gasteiger partial charge in [0.05, 0.1) is 17.3 Å². The molecule has 0 aromatic heterocycles. The molecule has 0 radical (unpaired) electrons. The number of halogens is 1. The van der Waals surface area contributed by atoms with Crippen LogP contribution in [-0.4, -0.2) is 24.8 Å². The minimum Gasteiger partial charge on any atom is -0.496 e. The number of amides is 1. The number of methoxy groups -OCH3 is 1. The molecule has 0 saturated heterocycles. The second-order valence-electron chi connectivity index (χ2n) is 6.57. The molecule has 5 heteroatoms. The lowest BCUT2D eigenvalue weighted by Crippen LogP contribution is -2.46. The van der Waals surface area contributed by atoms with E-state index in [0.717, 1.165) is 40.7 Å². The van der Waals surface area contributed by atoms with Gasteiger partial charge < -0.3 is 9.47 Å². The largest absolute Gasteiger partial charge is 0.496 e. The van der Waals surface area contributed by atoms with Gasteiger partial charge >= 0.3 is 6.09 Å². The van der Waals surface area contributed by atoms with E-state index in [4.69, 9.17) is 9.47 Å². The number of aryl methyl sites for hydroxylation is 1. The molecule has 1 aliphatic rings. The van der Waals surface area contributed by atoms with Crippen LogP contribution in [0.1, 0.15) is 46.1 Å². The lowest BCUT2D eigenvalue weighted by molar-refractivity contribution is 0.0559. The summed E-state index contributed by atoms with van der Waals surface area (Å²) in [6, 6.07) is 4.13. The molecule has 0 bridgehead atoms. The number of hydrogen-bond acceptors (Lipinski definition) is 3. The van der Waals surface area contributed by atoms with Crippen molar-refractivity contribution in [2.75, 3.05) is 12.0 Å². The fourth-order valence-corrected chi connectivity index (χ4v) is 3.25. The summed E-state index contributed by atoms with van der Waals surface area (Å²) in [6.07, 6.45) is 2.50. The zero-order valence-electron chi connectivity index (χ0n) is 13.9. The van der Waals surface area contributed by atoms with Crippen LogP contribution >= 0.6 is 15.9 Å². The maximum absolute atomic E-state index is 12.7. The highest BCUT2D eigenvalue weighted by Crippen LogP contribution is 2.39. The Morgan fingerprint density at radius 1 is 1.41 bits per heavy atom. The predicted molar refractivity (Wildman–Crippen MR) is 91.8 cm³/mol. The zero-order chi connectivity index (χ0) is 16.5. The standard InChI is InChI=1S/C17H24BrNO3/c1-6-12-8-7-11-9-15(21-5)13(18)10-14(11)19(12)16(20)22-17(2,3)4/h9-10,12H,6-8H2,1-5H3. The number of carbonyl (C=O) groups excluding carboxylic acids is 1. The van der Waals surface area contributed by atoms with Gasteiger partial charge in [0.15, 0.2) is 0 Å². The molecule has 1 amide bonds. The molecular formula is C17H24BrNO3. The molecular weight excluding hydrogens is 346 g/mol. The minimum atomic E-state index is -0.503.